The van der Waals surface area contributed by atoms with Gasteiger partial charge < -0.3 is 19.9 Å². The molecule has 0 fully saturated rings. The summed E-state index contributed by atoms with van der Waals surface area (Å²) in [5.41, 5.74) is -0.498. The summed E-state index contributed by atoms with van der Waals surface area (Å²) in [6.45, 7) is 0. The summed E-state index contributed by atoms with van der Waals surface area (Å²) in [6.07, 6.45) is -9.63. The average Bonchev–Trinajstić information content (AvgIpc) is 3.87. The number of rotatable bonds is 4. The SMILES string of the molecule is O=C(c1ccccc1)C1c2ccc([nH]2)C(C(F)(F)F)c2ccc([nH]2)C(C(=O)c2ccccc2)c2ccc([nH]2)C(C(F)(F)F)c2ccc1[nH]2. The molecule has 0 saturated heterocycles. The van der Waals surface area contributed by atoms with Crippen LogP contribution in [0.25, 0.3) is 0 Å². The summed E-state index contributed by atoms with van der Waals surface area (Å²) in [7, 11) is 0. The zero-order valence-corrected chi connectivity index (χ0v) is 24.8. The Morgan fingerprint density at radius 3 is 0.896 bits per heavy atom. The molecular formula is C36H26F6N4O2. The van der Waals surface area contributed by atoms with Crippen molar-refractivity contribution in [2.45, 2.75) is 36.0 Å². The number of alkyl halides is 6. The fourth-order valence-electron chi connectivity index (χ4n) is 6.54. The molecule has 1 aliphatic rings. The van der Waals surface area contributed by atoms with Crippen LogP contribution >= 0.6 is 0 Å². The number of halogens is 6. The Bertz CT molecular complexity index is 1850. The highest BCUT2D eigenvalue weighted by Crippen LogP contribution is 2.44. The van der Waals surface area contributed by atoms with E-state index in [0.717, 1.165) is 0 Å². The molecule has 0 unspecified atom stereocenters. The van der Waals surface area contributed by atoms with Gasteiger partial charge in [0.2, 0.25) is 0 Å². The molecule has 12 heteroatoms. The molecule has 0 atom stereocenters. The molecule has 0 spiro atoms. The first-order valence-electron chi connectivity index (χ1n) is 15.0. The quantitative estimate of drug-likeness (QED) is 0.112. The molecular weight excluding hydrogens is 634 g/mol. The van der Waals surface area contributed by atoms with Crippen LogP contribution < -0.4 is 0 Å². The summed E-state index contributed by atoms with van der Waals surface area (Å²) < 4.78 is 89.0. The molecule has 7 rings (SSSR count). The smallest absolute Gasteiger partial charge is 0.360 e. The number of carbonyl (C=O) groups excluding carboxylic acids is 2. The Morgan fingerprint density at radius 2 is 0.646 bits per heavy atom. The monoisotopic (exact) mass is 660 g/mol. The van der Waals surface area contributed by atoms with E-state index >= 15 is 0 Å². The number of Topliss-reactive ketones (excluding diaryl/α,β-unsaturated/α-hetero) is 2. The van der Waals surface area contributed by atoms with Crippen molar-refractivity contribution in [1.29, 1.82) is 0 Å². The van der Waals surface area contributed by atoms with Crippen molar-refractivity contribution in [3.63, 3.8) is 0 Å². The van der Waals surface area contributed by atoms with E-state index in [4.69, 9.17) is 0 Å². The Morgan fingerprint density at radius 1 is 0.396 bits per heavy atom. The molecule has 0 radical (unpaired) electrons. The molecule has 244 valence electrons. The number of H-pyrrole nitrogens is 4. The van der Waals surface area contributed by atoms with Crippen LogP contribution in [0.2, 0.25) is 0 Å². The summed E-state index contributed by atoms with van der Waals surface area (Å²) in [4.78, 5) is 38.9. The van der Waals surface area contributed by atoms with Crippen LogP contribution in [0.5, 0.6) is 0 Å². The predicted octanol–water partition coefficient (Wildman–Crippen LogP) is 8.73. The van der Waals surface area contributed by atoms with Crippen molar-refractivity contribution < 1.29 is 35.9 Å². The van der Waals surface area contributed by atoms with Crippen LogP contribution in [0.3, 0.4) is 0 Å². The third-order valence-electron chi connectivity index (χ3n) is 8.71. The van der Waals surface area contributed by atoms with Gasteiger partial charge in [-0.15, -0.1) is 0 Å². The highest BCUT2D eigenvalue weighted by molar-refractivity contribution is 6.03. The predicted molar refractivity (Wildman–Crippen MR) is 164 cm³/mol. The largest absolute Gasteiger partial charge is 0.402 e. The van der Waals surface area contributed by atoms with Crippen LogP contribution in [0.15, 0.2) is 109 Å². The molecule has 0 amide bonds. The van der Waals surface area contributed by atoms with Gasteiger partial charge in [0.15, 0.2) is 11.6 Å². The lowest BCUT2D eigenvalue weighted by Gasteiger charge is -2.21. The van der Waals surface area contributed by atoms with E-state index in [2.05, 4.69) is 19.9 Å². The second-order valence-electron chi connectivity index (χ2n) is 11.8. The molecule has 6 nitrogen and oxygen atoms in total. The second kappa shape index (κ2) is 11.6. The van der Waals surface area contributed by atoms with E-state index in [0.29, 0.717) is 0 Å². The minimum Gasteiger partial charge on any atom is -0.360 e. The van der Waals surface area contributed by atoms with E-state index < -0.39 is 47.6 Å². The van der Waals surface area contributed by atoms with Crippen molar-refractivity contribution in [3.8, 4) is 0 Å². The highest BCUT2D eigenvalue weighted by Gasteiger charge is 2.46. The van der Waals surface area contributed by atoms with E-state index in [1.807, 2.05) is 0 Å². The summed E-state index contributed by atoms with van der Waals surface area (Å²) in [5, 5.41) is 0. The number of benzene rings is 2. The number of hydrogen-bond donors (Lipinski definition) is 4. The molecule has 8 bridgehead atoms. The van der Waals surface area contributed by atoms with Gasteiger partial charge in [0, 0.05) is 56.7 Å². The van der Waals surface area contributed by atoms with E-state index in [1.165, 1.54) is 72.8 Å². The summed E-state index contributed by atoms with van der Waals surface area (Å²) in [6, 6.07) is 26.1. The van der Waals surface area contributed by atoms with Gasteiger partial charge in [-0.25, -0.2) is 0 Å². The van der Waals surface area contributed by atoms with Crippen molar-refractivity contribution in [2.75, 3.05) is 0 Å². The number of aromatic nitrogens is 4. The van der Waals surface area contributed by atoms with Gasteiger partial charge in [0.05, 0.1) is 0 Å². The first-order valence-corrected chi connectivity index (χ1v) is 15.0. The molecule has 48 heavy (non-hydrogen) atoms. The van der Waals surface area contributed by atoms with Gasteiger partial charge in [0.1, 0.15) is 23.7 Å². The lowest BCUT2D eigenvalue weighted by atomic mass is 9.92. The second-order valence-corrected chi connectivity index (χ2v) is 11.8. The lowest BCUT2D eigenvalue weighted by molar-refractivity contribution is -0.143. The minimum absolute atomic E-state index is 0.0585. The van der Waals surface area contributed by atoms with E-state index in [9.17, 15) is 35.9 Å². The number of aromatic amines is 4. The van der Waals surface area contributed by atoms with Gasteiger partial charge in [0.25, 0.3) is 0 Å². The minimum atomic E-state index is -4.81. The topological polar surface area (TPSA) is 97.3 Å². The molecule has 2 aromatic carbocycles. The maximum atomic E-state index is 14.8. The van der Waals surface area contributed by atoms with Crippen LogP contribution in [0.1, 0.15) is 89.9 Å². The number of hydrogen-bond acceptors (Lipinski definition) is 2. The van der Waals surface area contributed by atoms with Crippen LogP contribution in [-0.4, -0.2) is 43.9 Å². The van der Waals surface area contributed by atoms with Gasteiger partial charge in [-0.05, 0) is 48.5 Å². The zero-order valence-electron chi connectivity index (χ0n) is 24.8. The molecule has 1 aliphatic heterocycles. The Kier molecular flexibility index (Phi) is 7.53. The van der Waals surface area contributed by atoms with Crippen molar-refractivity contribution in [2.24, 2.45) is 0 Å². The Labute approximate surface area is 269 Å². The highest BCUT2D eigenvalue weighted by atomic mass is 19.4. The lowest BCUT2D eigenvalue weighted by Crippen LogP contribution is -2.24. The van der Waals surface area contributed by atoms with Crippen LogP contribution in [0.4, 0.5) is 26.3 Å². The van der Waals surface area contributed by atoms with Crippen molar-refractivity contribution in [1.82, 2.24) is 19.9 Å². The van der Waals surface area contributed by atoms with Crippen LogP contribution in [0, 0.1) is 0 Å². The maximum absolute atomic E-state index is 14.8. The fourth-order valence-corrected chi connectivity index (χ4v) is 6.54. The average molecular weight is 661 g/mol. The molecule has 5 heterocycles. The van der Waals surface area contributed by atoms with Gasteiger partial charge >= 0.3 is 12.4 Å². The summed E-state index contributed by atoms with van der Waals surface area (Å²) in [5.74, 6) is -8.04. The van der Waals surface area contributed by atoms with Gasteiger partial charge in [-0.3, -0.25) is 9.59 Å². The number of fused-ring (bicyclic) bond motifs is 8. The third kappa shape index (κ3) is 5.56. The van der Waals surface area contributed by atoms with Gasteiger partial charge in [-0.2, -0.15) is 26.3 Å². The summed E-state index contributed by atoms with van der Waals surface area (Å²) >= 11 is 0. The molecule has 0 aliphatic carbocycles. The van der Waals surface area contributed by atoms with Crippen molar-refractivity contribution >= 4 is 11.6 Å². The molecule has 6 aromatic rings. The van der Waals surface area contributed by atoms with E-state index in [-0.39, 0.29) is 56.7 Å². The molecule has 0 saturated carbocycles. The standard InChI is InChI=1S/C36H26F6N4O2/c37-35(38,39)31-25-15-11-21(43-25)29(33(47)19-7-3-1-4-8-19)22-12-16-26(44-22)32(36(40,41)42)28-18-14-24(46-28)30(23-13-17-27(31)45-23)34(48)20-9-5-2-6-10-20/h1-18,29-32,43-46H. The van der Waals surface area contributed by atoms with E-state index in [1.54, 1.807) is 36.4 Å². The Balaban J connectivity index is 1.46. The first-order chi connectivity index (χ1) is 22.9. The normalized spacial score (nSPS) is 19.6. The fraction of sp³-hybridized carbons (Fsp3) is 0.167. The van der Waals surface area contributed by atoms with Crippen LogP contribution in [-0.2, 0) is 0 Å². The molecule has 4 N–H and O–H groups in total. The first kappa shape index (κ1) is 31.1. The number of carbonyl (C=O) groups is 2. The molecule has 4 aromatic heterocycles. The third-order valence-corrected chi connectivity index (χ3v) is 8.71. The van der Waals surface area contributed by atoms with Gasteiger partial charge in [-0.1, -0.05) is 60.7 Å². The number of nitrogens with one attached hydrogen (secondary N) is 4. The number of ketones is 2. The van der Waals surface area contributed by atoms with Crippen molar-refractivity contribution in [3.05, 3.63) is 166 Å². The maximum Gasteiger partial charge on any atom is 0.402 e. The Hall–Kier alpha value is -5.52. The zero-order chi connectivity index (χ0) is 33.8.